The molecule has 2 fully saturated rings. The molecule has 7 heteroatoms. The van der Waals surface area contributed by atoms with Crippen LogP contribution in [0.15, 0.2) is 73.1 Å². The lowest BCUT2D eigenvalue weighted by Gasteiger charge is -2.30. The monoisotopic (exact) mass is 474 g/mol. The summed E-state index contributed by atoms with van der Waals surface area (Å²) in [7, 11) is 0. The summed E-state index contributed by atoms with van der Waals surface area (Å²) in [6, 6.07) is 17.4. The van der Waals surface area contributed by atoms with Crippen molar-refractivity contribution in [2.24, 2.45) is 11.7 Å². The summed E-state index contributed by atoms with van der Waals surface area (Å²) >= 11 is 0. The Bertz CT molecular complexity index is 1190. The van der Waals surface area contributed by atoms with Gasteiger partial charge in [0, 0.05) is 30.9 Å². The van der Waals surface area contributed by atoms with Crippen molar-refractivity contribution in [3.05, 3.63) is 95.6 Å². The highest BCUT2D eigenvalue weighted by Crippen LogP contribution is 2.46. The smallest absolute Gasteiger partial charge is 0.241 e. The summed E-state index contributed by atoms with van der Waals surface area (Å²) in [5, 5.41) is 16.8. The van der Waals surface area contributed by atoms with Crippen molar-refractivity contribution in [3.63, 3.8) is 0 Å². The van der Waals surface area contributed by atoms with Crippen LogP contribution in [0.5, 0.6) is 0 Å². The minimum absolute atomic E-state index is 0.141. The van der Waals surface area contributed by atoms with Crippen molar-refractivity contribution in [1.82, 2.24) is 10.3 Å². The first-order valence-corrected chi connectivity index (χ1v) is 12.2. The molecule has 2 heterocycles. The molecule has 6 nitrogen and oxygen atoms in total. The minimum atomic E-state index is -1.14. The van der Waals surface area contributed by atoms with Gasteiger partial charge in [-0.2, -0.15) is 0 Å². The molecule has 1 amide bonds. The first kappa shape index (κ1) is 23.6. The number of anilines is 1. The number of aryl methyl sites for hydroxylation is 1. The summed E-state index contributed by atoms with van der Waals surface area (Å²) in [6.45, 7) is 0.256. The van der Waals surface area contributed by atoms with E-state index in [1.807, 2.05) is 42.5 Å². The Hall–Kier alpha value is -3.13. The maximum absolute atomic E-state index is 14.6. The highest BCUT2D eigenvalue weighted by Gasteiger charge is 2.43. The average molecular weight is 475 g/mol. The van der Waals surface area contributed by atoms with E-state index in [1.54, 1.807) is 24.5 Å². The topological polar surface area (TPSA) is 100 Å². The van der Waals surface area contributed by atoms with Gasteiger partial charge in [0.25, 0.3) is 0 Å². The van der Waals surface area contributed by atoms with Gasteiger partial charge in [-0.05, 0) is 72.6 Å². The number of aromatic nitrogens is 1. The number of nitrogens with one attached hydrogen (secondary N) is 2. The summed E-state index contributed by atoms with van der Waals surface area (Å²) in [5.74, 6) is -0.425. The molecule has 2 aromatic carbocycles. The van der Waals surface area contributed by atoms with E-state index in [2.05, 4.69) is 15.6 Å². The number of hydrogen-bond donors (Lipinski definition) is 4. The predicted octanol–water partition coefficient (Wildman–Crippen LogP) is 3.61. The van der Waals surface area contributed by atoms with Gasteiger partial charge >= 0.3 is 0 Å². The van der Waals surface area contributed by atoms with E-state index >= 15 is 0 Å². The SMILES string of the molecule is N[C@](CCc1ccc(F)c(NC(=O)[C@H]2C[C@](O)(c3ccccc3)CN2)c1)(c1ccncc1)C1CC1. The van der Waals surface area contributed by atoms with Crippen LogP contribution >= 0.6 is 0 Å². The van der Waals surface area contributed by atoms with Crippen LogP contribution in [0.25, 0.3) is 0 Å². The fraction of sp³-hybridized carbons (Fsp3) is 0.357. The van der Waals surface area contributed by atoms with Crippen LogP contribution in [0.2, 0.25) is 0 Å². The van der Waals surface area contributed by atoms with E-state index < -0.39 is 23.0 Å². The highest BCUT2D eigenvalue weighted by molar-refractivity contribution is 5.95. The Morgan fingerprint density at radius 3 is 2.63 bits per heavy atom. The molecule has 0 spiro atoms. The van der Waals surface area contributed by atoms with E-state index in [-0.39, 0.29) is 24.6 Å². The molecule has 5 N–H and O–H groups in total. The largest absolute Gasteiger partial charge is 0.384 e. The number of hydrogen-bond acceptors (Lipinski definition) is 5. The second-order valence-electron chi connectivity index (χ2n) is 9.89. The molecule has 1 aromatic heterocycles. The van der Waals surface area contributed by atoms with Crippen LogP contribution in [0, 0.1) is 11.7 Å². The molecule has 1 aliphatic carbocycles. The molecular weight excluding hydrogens is 443 g/mol. The third-order valence-electron chi connectivity index (χ3n) is 7.45. The van der Waals surface area contributed by atoms with E-state index in [0.29, 0.717) is 12.3 Å². The Kier molecular flexibility index (Phi) is 6.40. The van der Waals surface area contributed by atoms with E-state index in [4.69, 9.17) is 5.73 Å². The van der Waals surface area contributed by atoms with Gasteiger partial charge in [-0.25, -0.2) is 4.39 Å². The molecule has 1 aliphatic heterocycles. The van der Waals surface area contributed by atoms with E-state index in [0.717, 1.165) is 36.0 Å². The zero-order chi connectivity index (χ0) is 24.5. The predicted molar refractivity (Wildman–Crippen MR) is 133 cm³/mol. The van der Waals surface area contributed by atoms with Crippen molar-refractivity contribution in [2.75, 3.05) is 11.9 Å². The lowest BCUT2D eigenvalue weighted by atomic mass is 9.81. The second kappa shape index (κ2) is 9.49. The van der Waals surface area contributed by atoms with Crippen LogP contribution in [-0.4, -0.2) is 28.6 Å². The molecule has 0 radical (unpaired) electrons. The molecule has 1 saturated carbocycles. The second-order valence-corrected chi connectivity index (χ2v) is 9.89. The van der Waals surface area contributed by atoms with Crippen LogP contribution in [0.1, 0.15) is 42.4 Å². The molecule has 3 atom stereocenters. The number of benzene rings is 2. The Morgan fingerprint density at radius 1 is 1.17 bits per heavy atom. The fourth-order valence-corrected chi connectivity index (χ4v) is 5.17. The van der Waals surface area contributed by atoms with Gasteiger partial charge in [-0.15, -0.1) is 0 Å². The van der Waals surface area contributed by atoms with E-state index in [1.165, 1.54) is 6.07 Å². The van der Waals surface area contributed by atoms with Gasteiger partial charge in [0.1, 0.15) is 11.4 Å². The number of halogens is 1. The maximum atomic E-state index is 14.6. The van der Waals surface area contributed by atoms with Crippen LogP contribution in [-0.2, 0) is 22.4 Å². The Labute approximate surface area is 204 Å². The highest BCUT2D eigenvalue weighted by atomic mass is 19.1. The normalized spacial score (nSPS) is 23.6. The van der Waals surface area contributed by atoms with Gasteiger partial charge < -0.3 is 21.5 Å². The molecule has 2 aliphatic rings. The third kappa shape index (κ3) is 4.98. The first-order valence-electron chi connectivity index (χ1n) is 12.2. The number of nitrogens with zero attached hydrogens (tertiary/aromatic N) is 1. The van der Waals surface area contributed by atoms with Crippen molar-refractivity contribution >= 4 is 11.6 Å². The quantitative estimate of drug-likeness (QED) is 0.400. The number of amides is 1. The lowest BCUT2D eigenvalue weighted by molar-refractivity contribution is -0.118. The zero-order valence-electron chi connectivity index (χ0n) is 19.6. The summed E-state index contributed by atoms with van der Waals surface area (Å²) < 4.78 is 14.6. The van der Waals surface area contributed by atoms with Crippen LogP contribution < -0.4 is 16.4 Å². The van der Waals surface area contributed by atoms with E-state index in [9.17, 15) is 14.3 Å². The minimum Gasteiger partial charge on any atom is -0.384 e. The Balaban J connectivity index is 1.25. The van der Waals surface area contributed by atoms with Crippen LogP contribution in [0.4, 0.5) is 10.1 Å². The van der Waals surface area contributed by atoms with Crippen molar-refractivity contribution in [3.8, 4) is 0 Å². The van der Waals surface area contributed by atoms with Crippen molar-refractivity contribution < 1.29 is 14.3 Å². The Morgan fingerprint density at radius 2 is 1.91 bits per heavy atom. The first-order chi connectivity index (χ1) is 16.9. The molecule has 5 rings (SSSR count). The van der Waals surface area contributed by atoms with Gasteiger partial charge in [-0.1, -0.05) is 36.4 Å². The maximum Gasteiger partial charge on any atom is 0.241 e. The van der Waals surface area contributed by atoms with Gasteiger partial charge in [0.05, 0.1) is 11.7 Å². The average Bonchev–Trinajstić information content (AvgIpc) is 3.67. The molecule has 35 heavy (non-hydrogen) atoms. The number of aliphatic hydroxyl groups is 1. The molecule has 3 aromatic rings. The summed E-state index contributed by atoms with van der Waals surface area (Å²) in [6.07, 6.45) is 7.33. The summed E-state index contributed by atoms with van der Waals surface area (Å²) in [4.78, 5) is 17.0. The number of nitrogens with two attached hydrogens (primary N) is 1. The van der Waals surface area contributed by atoms with Gasteiger partial charge in [0.2, 0.25) is 5.91 Å². The lowest BCUT2D eigenvalue weighted by Crippen LogP contribution is -2.39. The molecular formula is C28H31FN4O2. The van der Waals surface area contributed by atoms with Crippen molar-refractivity contribution in [2.45, 2.75) is 49.3 Å². The standard InChI is InChI=1S/C28H31FN4O2/c29-23-9-6-19(10-13-28(30,21-7-8-21)22-11-14-31-15-12-22)16-24(23)33-26(34)25-17-27(35,18-32-25)20-4-2-1-3-5-20/h1-6,9,11-12,14-16,21,25,32,35H,7-8,10,13,17-18,30H2,(H,33,34)/t25-,27-,28+/m1/s1. The summed E-state index contributed by atoms with van der Waals surface area (Å²) in [5.41, 5.74) is 8.17. The number of β-amino-alcohol motifs (C(OH)–C–C–N with tert-alkyl or cyclic N) is 1. The van der Waals surface area contributed by atoms with Gasteiger partial charge in [-0.3, -0.25) is 9.78 Å². The number of rotatable bonds is 8. The molecule has 182 valence electrons. The number of pyridine rings is 1. The number of carbonyl (C=O) groups is 1. The number of carbonyl (C=O) groups excluding carboxylic acids is 1. The van der Waals surface area contributed by atoms with Crippen LogP contribution in [0.3, 0.4) is 0 Å². The zero-order valence-corrected chi connectivity index (χ0v) is 19.6. The molecule has 1 saturated heterocycles. The molecule has 0 bridgehead atoms. The third-order valence-corrected chi connectivity index (χ3v) is 7.45. The van der Waals surface area contributed by atoms with Gasteiger partial charge in [0.15, 0.2) is 0 Å². The molecule has 0 unspecified atom stereocenters. The fourth-order valence-electron chi connectivity index (χ4n) is 5.17. The van der Waals surface area contributed by atoms with Crippen molar-refractivity contribution in [1.29, 1.82) is 0 Å².